The number of nitrogens with zero attached hydrogens (tertiary/aromatic N) is 3. The number of likely N-dealkylation sites (N-methyl/N-ethyl adjacent to an activating group) is 1. The number of H-pyrrole nitrogens is 1. The molecule has 2 aromatic heterocycles. The molecule has 3 aromatic rings. The summed E-state index contributed by atoms with van der Waals surface area (Å²) in [6.07, 6.45) is 6.20. The maximum Gasteiger partial charge on any atom is 0.253 e. The van der Waals surface area contributed by atoms with Gasteiger partial charge < -0.3 is 29.6 Å². The van der Waals surface area contributed by atoms with Crippen molar-refractivity contribution in [2.75, 3.05) is 45.9 Å². The first-order valence-electron chi connectivity index (χ1n) is 15.2. The topological polar surface area (TPSA) is 99.8 Å². The number of aromatic nitrogens is 2. The number of aryl methyl sites for hydroxylation is 2. The zero-order valence-electron chi connectivity index (χ0n) is 26.8. The standard InChI is InChI=1S/C34H47N5O4/c1-8-39(28-12-10-27(11-13-28)38(5)15-16-42-6)31-19-26(25-9-14-32(43-7)35-20-25)18-29(24(31)4)33(40)36-21-30-22(2)17-23(3)37-34(30)41/h9,14,17-20,27-28H,8,10-13,15-16,21H2,1-7H3,(H,36,40)(H,37,41). The molecular weight excluding hydrogens is 542 g/mol. The van der Waals surface area contributed by atoms with Gasteiger partial charge in [-0.05, 0) is 101 Å². The molecule has 0 radical (unpaired) electrons. The average molecular weight is 590 g/mol. The van der Waals surface area contributed by atoms with Crippen LogP contribution in [0, 0.1) is 20.8 Å². The van der Waals surface area contributed by atoms with Crippen LogP contribution in [0.4, 0.5) is 5.69 Å². The molecule has 232 valence electrons. The van der Waals surface area contributed by atoms with Crippen LogP contribution >= 0.6 is 0 Å². The molecule has 1 aliphatic carbocycles. The molecular formula is C34H47N5O4. The fourth-order valence-corrected chi connectivity index (χ4v) is 6.29. The van der Waals surface area contributed by atoms with Crippen LogP contribution in [0.25, 0.3) is 11.1 Å². The fraction of sp³-hybridized carbons (Fsp3) is 0.500. The maximum atomic E-state index is 13.8. The van der Waals surface area contributed by atoms with Crippen molar-refractivity contribution >= 4 is 11.6 Å². The van der Waals surface area contributed by atoms with Crippen LogP contribution in [0.5, 0.6) is 5.88 Å². The Morgan fingerprint density at radius 3 is 2.37 bits per heavy atom. The second-order valence-corrected chi connectivity index (χ2v) is 11.6. The molecule has 0 unspecified atom stereocenters. The molecule has 1 aromatic carbocycles. The van der Waals surface area contributed by atoms with Crippen LogP contribution in [0.3, 0.4) is 0 Å². The van der Waals surface area contributed by atoms with E-state index in [0.717, 1.165) is 79.0 Å². The first-order chi connectivity index (χ1) is 20.7. The van der Waals surface area contributed by atoms with Gasteiger partial charge in [0, 0.05) is 79.2 Å². The van der Waals surface area contributed by atoms with E-state index in [2.05, 4.69) is 45.1 Å². The van der Waals surface area contributed by atoms with Crippen molar-refractivity contribution in [2.45, 2.75) is 72.0 Å². The third-order valence-corrected chi connectivity index (χ3v) is 8.85. The lowest BCUT2D eigenvalue weighted by molar-refractivity contribution is 0.0950. The van der Waals surface area contributed by atoms with E-state index < -0.39 is 0 Å². The Morgan fingerprint density at radius 2 is 1.77 bits per heavy atom. The van der Waals surface area contributed by atoms with E-state index in [1.54, 1.807) is 20.4 Å². The Morgan fingerprint density at radius 1 is 1.05 bits per heavy atom. The van der Waals surface area contributed by atoms with Crippen LogP contribution in [0.15, 0.2) is 41.3 Å². The van der Waals surface area contributed by atoms with Crippen molar-refractivity contribution in [3.05, 3.63) is 74.8 Å². The molecule has 0 spiro atoms. The van der Waals surface area contributed by atoms with Crippen LogP contribution in [0.1, 0.15) is 65.3 Å². The molecule has 9 heteroatoms. The minimum absolute atomic E-state index is 0.154. The quantitative estimate of drug-likeness (QED) is 0.306. The number of hydrogen-bond acceptors (Lipinski definition) is 7. The van der Waals surface area contributed by atoms with Gasteiger partial charge in [-0.1, -0.05) is 0 Å². The van der Waals surface area contributed by atoms with Crippen molar-refractivity contribution in [3.63, 3.8) is 0 Å². The summed E-state index contributed by atoms with van der Waals surface area (Å²) in [6.45, 7) is 10.6. The lowest BCUT2D eigenvalue weighted by Crippen LogP contribution is -2.44. The fourth-order valence-electron chi connectivity index (χ4n) is 6.29. The van der Waals surface area contributed by atoms with E-state index in [9.17, 15) is 9.59 Å². The summed E-state index contributed by atoms with van der Waals surface area (Å²) in [4.78, 5) is 38.5. The number of pyridine rings is 2. The molecule has 1 fully saturated rings. The molecule has 9 nitrogen and oxygen atoms in total. The summed E-state index contributed by atoms with van der Waals surface area (Å²) < 4.78 is 10.6. The number of anilines is 1. The smallest absolute Gasteiger partial charge is 0.253 e. The number of methoxy groups -OCH3 is 2. The van der Waals surface area contributed by atoms with Crippen molar-refractivity contribution in [1.29, 1.82) is 0 Å². The zero-order valence-corrected chi connectivity index (χ0v) is 26.8. The minimum atomic E-state index is -0.207. The van der Waals surface area contributed by atoms with Gasteiger partial charge in [-0.2, -0.15) is 0 Å². The summed E-state index contributed by atoms with van der Waals surface area (Å²) in [5.41, 5.74) is 6.45. The number of ether oxygens (including phenoxy) is 2. The largest absolute Gasteiger partial charge is 0.481 e. The van der Waals surface area contributed by atoms with Gasteiger partial charge in [0.2, 0.25) is 5.88 Å². The highest BCUT2D eigenvalue weighted by Gasteiger charge is 2.29. The highest BCUT2D eigenvalue weighted by Crippen LogP contribution is 2.36. The van der Waals surface area contributed by atoms with Crippen LogP contribution in [-0.4, -0.2) is 73.8 Å². The maximum absolute atomic E-state index is 13.8. The summed E-state index contributed by atoms with van der Waals surface area (Å²) >= 11 is 0. The number of nitrogens with one attached hydrogen (secondary N) is 2. The predicted molar refractivity (Wildman–Crippen MR) is 172 cm³/mol. The second-order valence-electron chi connectivity index (χ2n) is 11.6. The Labute approximate surface area is 255 Å². The second kappa shape index (κ2) is 14.7. The van der Waals surface area contributed by atoms with Gasteiger partial charge in [0.1, 0.15) is 0 Å². The summed E-state index contributed by atoms with van der Waals surface area (Å²) in [6, 6.07) is 10.8. The molecule has 1 amide bonds. The van der Waals surface area contributed by atoms with Crippen LogP contribution < -0.4 is 20.5 Å². The number of hydrogen-bond donors (Lipinski definition) is 2. The Kier molecular flexibility index (Phi) is 11.0. The van der Waals surface area contributed by atoms with Gasteiger partial charge in [-0.25, -0.2) is 4.98 Å². The van der Waals surface area contributed by atoms with Crippen molar-refractivity contribution in [2.24, 2.45) is 0 Å². The van der Waals surface area contributed by atoms with E-state index in [1.807, 2.05) is 45.0 Å². The van der Waals surface area contributed by atoms with Gasteiger partial charge in [0.05, 0.1) is 13.7 Å². The first-order valence-corrected chi connectivity index (χ1v) is 15.2. The lowest BCUT2D eigenvalue weighted by Gasteiger charge is -2.41. The number of rotatable bonds is 12. The number of benzene rings is 1. The van der Waals surface area contributed by atoms with Crippen LogP contribution in [0.2, 0.25) is 0 Å². The van der Waals surface area contributed by atoms with Gasteiger partial charge in [0.25, 0.3) is 11.5 Å². The Hall–Kier alpha value is -3.69. The third-order valence-electron chi connectivity index (χ3n) is 8.85. The molecule has 0 aliphatic heterocycles. The van der Waals surface area contributed by atoms with E-state index >= 15 is 0 Å². The van der Waals surface area contributed by atoms with Crippen molar-refractivity contribution < 1.29 is 14.3 Å². The van der Waals surface area contributed by atoms with Gasteiger partial charge in [-0.3, -0.25) is 9.59 Å². The van der Waals surface area contributed by atoms with E-state index in [0.29, 0.717) is 29.1 Å². The third kappa shape index (κ3) is 7.64. The van der Waals surface area contributed by atoms with Gasteiger partial charge in [-0.15, -0.1) is 0 Å². The molecule has 0 atom stereocenters. The molecule has 2 heterocycles. The highest BCUT2D eigenvalue weighted by atomic mass is 16.5. The molecule has 2 N–H and O–H groups in total. The Balaban J connectivity index is 1.65. The van der Waals surface area contributed by atoms with Crippen LogP contribution in [-0.2, 0) is 11.3 Å². The summed E-state index contributed by atoms with van der Waals surface area (Å²) in [7, 11) is 5.54. The SMILES string of the molecule is CCN(c1cc(-c2ccc(OC)nc2)cc(C(=O)NCc2c(C)cc(C)[nH]c2=O)c1C)C1CCC(N(C)CCOC)CC1. The number of aromatic amines is 1. The van der Waals surface area contributed by atoms with Gasteiger partial charge >= 0.3 is 0 Å². The van der Waals surface area contributed by atoms with Crippen molar-refractivity contribution in [3.8, 4) is 17.0 Å². The number of amides is 1. The molecule has 1 saturated carbocycles. The number of carbonyl (C=O) groups is 1. The average Bonchev–Trinajstić information content (AvgIpc) is 3.00. The predicted octanol–water partition coefficient (Wildman–Crippen LogP) is 5.02. The Bertz CT molecular complexity index is 1440. The highest BCUT2D eigenvalue weighted by molar-refractivity contribution is 5.99. The molecule has 1 aliphatic rings. The van der Waals surface area contributed by atoms with E-state index in [-0.39, 0.29) is 18.0 Å². The monoisotopic (exact) mass is 589 g/mol. The lowest BCUT2D eigenvalue weighted by atomic mass is 9.88. The van der Waals surface area contributed by atoms with Gasteiger partial charge in [0.15, 0.2) is 0 Å². The summed E-state index contributed by atoms with van der Waals surface area (Å²) in [5.74, 6) is 0.330. The first kappa shape index (κ1) is 32.2. The van der Waals surface area contributed by atoms with E-state index in [1.165, 1.54) is 0 Å². The number of carbonyl (C=O) groups excluding carboxylic acids is 1. The summed E-state index contributed by atoms with van der Waals surface area (Å²) in [5, 5.41) is 3.02. The van der Waals surface area contributed by atoms with Crippen molar-refractivity contribution in [1.82, 2.24) is 20.2 Å². The zero-order chi connectivity index (χ0) is 31.1. The molecule has 0 bridgehead atoms. The molecule has 0 saturated heterocycles. The van der Waals surface area contributed by atoms with E-state index in [4.69, 9.17) is 9.47 Å². The normalized spacial score (nSPS) is 16.7. The molecule has 4 rings (SSSR count). The minimum Gasteiger partial charge on any atom is -0.481 e. The molecule has 43 heavy (non-hydrogen) atoms.